The molecule has 2 aromatic rings. The second kappa shape index (κ2) is 7.96. The molecule has 22 heavy (non-hydrogen) atoms. The van der Waals surface area contributed by atoms with E-state index in [1.54, 1.807) is 0 Å². The predicted molar refractivity (Wildman–Crippen MR) is 85.3 cm³/mol. The maximum Gasteiger partial charge on any atom is 0.228 e. The Hall–Kier alpha value is -2.64. The van der Waals surface area contributed by atoms with Crippen molar-refractivity contribution in [3.63, 3.8) is 0 Å². The summed E-state index contributed by atoms with van der Waals surface area (Å²) < 4.78 is 0. The summed E-state index contributed by atoms with van der Waals surface area (Å²) in [7, 11) is 0. The molecule has 0 aliphatic rings. The number of anilines is 1. The van der Waals surface area contributed by atoms with Crippen molar-refractivity contribution in [3.8, 4) is 6.07 Å². The summed E-state index contributed by atoms with van der Waals surface area (Å²) in [6.07, 6.45) is 1.16. The summed E-state index contributed by atoms with van der Waals surface area (Å²) in [5.74, 6) is -0.111. The normalized spacial score (nSPS) is 10.0. The molecule has 0 unspecified atom stereocenters. The number of rotatable bonds is 6. The number of nitrogens with zero attached hydrogens (tertiary/aromatic N) is 1. The molecule has 0 atom stereocenters. The van der Waals surface area contributed by atoms with E-state index in [0.717, 1.165) is 22.4 Å². The zero-order chi connectivity index (χ0) is 15.8. The van der Waals surface area contributed by atoms with E-state index in [0.29, 0.717) is 12.8 Å². The van der Waals surface area contributed by atoms with Crippen molar-refractivity contribution in [2.75, 3.05) is 11.9 Å². The SMILES string of the molecule is N#CCc1ccccc1CC(=O)Nc1ccc(CCO)cc1. The van der Waals surface area contributed by atoms with Crippen molar-refractivity contribution in [1.82, 2.24) is 0 Å². The molecule has 0 saturated heterocycles. The highest BCUT2D eigenvalue weighted by Gasteiger charge is 2.08. The van der Waals surface area contributed by atoms with Gasteiger partial charge in [-0.3, -0.25) is 4.79 Å². The Kier molecular flexibility index (Phi) is 5.70. The molecule has 0 heterocycles. The summed E-state index contributed by atoms with van der Waals surface area (Å²) in [5.41, 5.74) is 3.52. The van der Waals surface area contributed by atoms with E-state index in [1.807, 2.05) is 48.5 Å². The first-order valence-corrected chi connectivity index (χ1v) is 7.16. The lowest BCUT2D eigenvalue weighted by Crippen LogP contribution is -2.15. The van der Waals surface area contributed by atoms with Crippen molar-refractivity contribution in [2.45, 2.75) is 19.3 Å². The third-order valence-corrected chi connectivity index (χ3v) is 3.38. The molecule has 2 aromatic carbocycles. The third-order valence-electron chi connectivity index (χ3n) is 3.38. The van der Waals surface area contributed by atoms with E-state index < -0.39 is 0 Å². The van der Waals surface area contributed by atoms with Gasteiger partial charge in [-0.15, -0.1) is 0 Å². The summed E-state index contributed by atoms with van der Waals surface area (Å²) in [6, 6.07) is 17.0. The number of aliphatic hydroxyl groups is 1. The summed E-state index contributed by atoms with van der Waals surface area (Å²) in [4.78, 5) is 12.1. The molecule has 0 saturated carbocycles. The van der Waals surface area contributed by atoms with Gasteiger partial charge in [-0.25, -0.2) is 0 Å². The first kappa shape index (κ1) is 15.7. The molecular formula is C18H18N2O2. The number of carbonyl (C=O) groups excluding carboxylic acids is 1. The number of hydrogen-bond acceptors (Lipinski definition) is 3. The maximum atomic E-state index is 12.1. The summed E-state index contributed by atoms with van der Waals surface area (Å²) >= 11 is 0. The van der Waals surface area contributed by atoms with Gasteiger partial charge in [0, 0.05) is 12.3 Å². The van der Waals surface area contributed by atoms with Gasteiger partial charge >= 0.3 is 0 Å². The predicted octanol–water partition coefficient (Wildman–Crippen LogP) is 2.47. The molecule has 112 valence electrons. The molecule has 2 N–H and O–H groups in total. The highest BCUT2D eigenvalue weighted by Crippen LogP contribution is 2.13. The van der Waals surface area contributed by atoms with Crippen LogP contribution in [0.15, 0.2) is 48.5 Å². The first-order valence-electron chi connectivity index (χ1n) is 7.16. The van der Waals surface area contributed by atoms with Crippen molar-refractivity contribution in [1.29, 1.82) is 5.26 Å². The fourth-order valence-corrected chi connectivity index (χ4v) is 2.25. The van der Waals surface area contributed by atoms with E-state index in [1.165, 1.54) is 0 Å². The minimum atomic E-state index is -0.111. The van der Waals surface area contributed by atoms with E-state index in [-0.39, 0.29) is 18.9 Å². The Labute approximate surface area is 130 Å². The molecule has 0 bridgehead atoms. The highest BCUT2D eigenvalue weighted by atomic mass is 16.2. The molecule has 0 radical (unpaired) electrons. The first-order chi connectivity index (χ1) is 10.7. The fraction of sp³-hybridized carbons (Fsp3) is 0.222. The number of amides is 1. The lowest BCUT2D eigenvalue weighted by Gasteiger charge is -2.08. The standard InChI is InChI=1S/C18H18N2O2/c19-11-9-15-3-1-2-4-16(15)13-18(22)20-17-7-5-14(6-8-17)10-12-21/h1-8,21H,9-10,12-13H2,(H,20,22). The van der Waals surface area contributed by atoms with Crippen molar-refractivity contribution < 1.29 is 9.90 Å². The lowest BCUT2D eigenvalue weighted by molar-refractivity contribution is -0.115. The minimum Gasteiger partial charge on any atom is -0.396 e. The van der Waals surface area contributed by atoms with Crippen LogP contribution in [0.5, 0.6) is 0 Å². The molecule has 0 aromatic heterocycles. The van der Waals surface area contributed by atoms with E-state index in [9.17, 15) is 4.79 Å². The smallest absolute Gasteiger partial charge is 0.228 e. The highest BCUT2D eigenvalue weighted by molar-refractivity contribution is 5.92. The Morgan fingerprint density at radius 2 is 1.77 bits per heavy atom. The van der Waals surface area contributed by atoms with Gasteiger partial charge in [-0.05, 0) is 35.2 Å². The monoisotopic (exact) mass is 294 g/mol. The van der Waals surface area contributed by atoms with Crippen LogP contribution < -0.4 is 5.32 Å². The summed E-state index contributed by atoms with van der Waals surface area (Å²) in [5, 5.41) is 20.5. The van der Waals surface area contributed by atoms with Crippen LogP contribution in [-0.4, -0.2) is 17.6 Å². The van der Waals surface area contributed by atoms with Crippen molar-refractivity contribution in [2.24, 2.45) is 0 Å². The second-order valence-corrected chi connectivity index (χ2v) is 5.00. The van der Waals surface area contributed by atoms with E-state index in [2.05, 4.69) is 11.4 Å². The average Bonchev–Trinajstić information content (AvgIpc) is 2.52. The quantitative estimate of drug-likeness (QED) is 0.859. The fourth-order valence-electron chi connectivity index (χ4n) is 2.25. The van der Waals surface area contributed by atoms with Crippen molar-refractivity contribution >= 4 is 11.6 Å². The number of nitrogens with one attached hydrogen (secondary N) is 1. The molecule has 0 aliphatic carbocycles. The Morgan fingerprint density at radius 3 is 2.41 bits per heavy atom. The van der Waals surface area contributed by atoms with Crippen LogP contribution >= 0.6 is 0 Å². The Morgan fingerprint density at radius 1 is 1.09 bits per heavy atom. The van der Waals surface area contributed by atoms with Crippen LogP contribution in [0, 0.1) is 11.3 Å². The molecule has 0 fully saturated rings. The van der Waals surface area contributed by atoms with Gasteiger partial charge in [-0.2, -0.15) is 5.26 Å². The van der Waals surface area contributed by atoms with Gasteiger partial charge in [0.05, 0.1) is 18.9 Å². The average molecular weight is 294 g/mol. The Balaban J connectivity index is 2.00. The van der Waals surface area contributed by atoms with Gasteiger partial charge in [0.1, 0.15) is 0 Å². The Bertz CT molecular complexity index is 672. The van der Waals surface area contributed by atoms with E-state index >= 15 is 0 Å². The van der Waals surface area contributed by atoms with Gasteiger partial charge < -0.3 is 10.4 Å². The number of nitriles is 1. The largest absolute Gasteiger partial charge is 0.396 e. The van der Waals surface area contributed by atoms with Gasteiger partial charge in [0.25, 0.3) is 0 Å². The molecule has 0 aliphatic heterocycles. The molecular weight excluding hydrogens is 276 g/mol. The number of carbonyl (C=O) groups is 1. The molecule has 0 spiro atoms. The van der Waals surface area contributed by atoms with Gasteiger partial charge in [-0.1, -0.05) is 36.4 Å². The van der Waals surface area contributed by atoms with Crippen LogP contribution in [0.2, 0.25) is 0 Å². The summed E-state index contributed by atoms with van der Waals surface area (Å²) in [6.45, 7) is 0.112. The maximum absolute atomic E-state index is 12.1. The van der Waals surface area contributed by atoms with E-state index in [4.69, 9.17) is 10.4 Å². The van der Waals surface area contributed by atoms with Crippen LogP contribution in [0.25, 0.3) is 0 Å². The minimum absolute atomic E-state index is 0.111. The molecule has 4 nitrogen and oxygen atoms in total. The van der Waals surface area contributed by atoms with Crippen LogP contribution in [0.4, 0.5) is 5.69 Å². The van der Waals surface area contributed by atoms with Gasteiger partial charge in [0.2, 0.25) is 5.91 Å². The zero-order valence-corrected chi connectivity index (χ0v) is 12.2. The van der Waals surface area contributed by atoms with Crippen LogP contribution in [0.3, 0.4) is 0 Å². The van der Waals surface area contributed by atoms with Gasteiger partial charge in [0.15, 0.2) is 0 Å². The molecule has 2 rings (SSSR count). The number of benzene rings is 2. The lowest BCUT2D eigenvalue weighted by atomic mass is 10.0. The van der Waals surface area contributed by atoms with Crippen molar-refractivity contribution in [3.05, 3.63) is 65.2 Å². The topological polar surface area (TPSA) is 73.1 Å². The van der Waals surface area contributed by atoms with Crippen LogP contribution in [0.1, 0.15) is 16.7 Å². The van der Waals surface area contributed by atoms with Crippen LogP contribution in [-0.2, 0) is 24.1 Å². The number of hydrogen-bond donors (Lipinski definition) is 2. The molecule has 4 heteroatoms. The number of aliphatic hydroxyl groups excluding tert-OH is 1. The molecule has 1 amide bonds. The zero-order valence-electron chi connectivity index (χ0n) is 12.2. The second-order valence-electron chi connectivity index (χ2n) is 5.00. The third kappa shape index (κ3) is 4.44.